The lowest BCUT2D eigenvalue weighted by atomic mass is 10.3. The van der Waals surface area contributed by atoms with Crippen molar-refractivity contribution >= 4 is 5.91 Å². The third-order valence-corrected chi connectivity index (χ3v) is 1.66. The first kappa shape index (κ1) is 9.73. The zero-order valence-corrected chi connectivity index (χ0v) is 7.42. The van der Waals surface area contributed by atoms with Crippen LogP contribution in [-0.4, -0.2) is 29.2 Å². The number of H-pyrrole nitrogens is 1. The average molecular weight is 182 g/mol. The van der Waals surface area contributed by atoms with Crippen LogP contribution >= 0.6 is 0 Å². The van der Waals surface area contributed by atoms with Crippen LogP contribution in [0.2, 0.25) is 0 Å². The number of rotatable bonds is 5. The second-order valence-electron chi connectivity index (χ2n) is 2.72. The number of hydrogen-bond acceptors (Lipinski definition) is 3. The van der Waals surface area contributed by atoms with E-state index in [2.05, 4.69) is 15.5 Å². The summed E-state index contributed by atoms with van der Waals surface area (Å²) in [5.74, 6) is -0.116. The van der Waals surface area contributed by atoms with Gasteiger partial charge in [-0.25, -0.2) is 0 Å². The predicted octanol–water partition coefficient (Wildman–Crippen LogP) is -0.122. The van der Waals surface area contributed by atoms with E-state index in [1.54, 1.807) is 12.3 Å². The zero-order chi connectivity index (χ0) is 9.52. The number of carbonyl (C=O) groups excluding carboxylic acids is 1. The van der Waals surface area contributed by atoms with Gasteiger partial charge >= 0.3 is 0 Å². The average Bonchev–Trinajstić information content (AvgIpc) is 2.65. The highest BCUT2D eigenvalue weighted by Crippen LogP contribution is 1.91. The third kappa shape index (κ3) is 3.25. The van der Waals surface area contributed by atoms with E-state index in [0.717, 1.165) is 12.8 Å². The maximum Gasteiger partial charge on any atom is 0.269 e. The van der Waals surface area contributed by atoms with Crippen molar-refractivity contribution in [2.75, 3.05) is 13.1 Å². The lowest BCUT2D eigenvalue weighted by molar-refractivity contribution is 0.0948. The molecule has 0 unspecified atom stereocenters. The number of nitrogens with two attached hydrogens (primary N) is 1. The fourth-order valence-electron chi connectivity index (χ4n) is 0.949. The van der Waals surface area contributed by atoms with E-state index in [4.69, 9.17) is 5.73 Å². The van der Waals surface area contributed by atoms with Gasteiger partial charge in [0.25, 0.3) is 5.91 Å². The third-order valence-electron chi connectivity index (χ3n) is 1.66. The molecule has 1 heterocycles. The molecule has 1 aromatic rings. The van der Waals surface area contributed by atoms with Gasteiger partial charge in [-0.1, -0.05) is 0 Å². The molecule has 0 saturated carbocycles. The van der Waals surface area contributed by atoms with Crippen molar-refractivity contribution in [2.45, 2.75) is 12.8 Å². The molecular weight excluding hydrogens is 168 g/mol. The molecule has 0 spiro atoms. The molecule has 0 radical (unpaired) electrons. The summed E-state index contributed by atoms with van der Waals surface area (Å²) in [5.41, 5.74) is 5.80. The van der Waals surface area contributed by atoms with Gasteiger partial charge < -0.3 is 11.1 Å². The highest BCUT2D eigenvalue weighted by Gasteiger charge is 2.03. The van der Waals surface area contributed by atoms with Gasteiger partial charge in [0.2, 0.25) is 0 Å². The second-order valence-corrected chi connectivity index (χ2v) is 2.72. The monoisotopic (exact) mass is 182 g/mol. The molecule has 1 amide bonds. The largest absolute Gasteiger partial charge is 0.351 e. The van der Waals surface area contributed by atoms with Crippen molar-refractivity contribution < 1.29 is 4.79 Å². The quantitative estimate of drug-likeness (QED) is 0.555. The number of unbranched alkanes of at least 4 members (excludes halogenated alkanes) is 1. The van der Waals surface area contributed by atoms with Gasteiger partial charge in [-0.2, -0.15) is 5.10 Å². The molecule has 1 rings (SSSR count). The summed E-state index contributed by atoms with van der Waals surface area (Å²) in [6, 6.07) is 1.64. The van der Waals surface area contributed by atoms with Gasteiger partial charge in [0.05, 0.1) is 0 Å². The Bertz CT molecular complexity index is 245. The van der Waals surface area contributed by atoms with Crippen LogP contribution in [0.15, 0.2) is 12.3 Å². The van der Waals surface area contributed by atoms with E-state index in [9.17, 15) is 4.79 Å². The zero-order valence-electron chi connectivity index (χ0n) is 7.42. The molecule has 0 aromatic carbocycles. The number of aromatic nitrogens is 2. The van der Waals surface area contributed by atoms with Crippen molar-refractivity contribution in [1.82, 2.24) is 15.5 Å². The van der Waals surface area contributed by atoms with Crippen molar-refractivity contribution in [3.63, 3.8) is 0 Å². The summed E-state index contributed by atoms with van der Waals surface area (Å²) >= 11 is 0. The minimum absolute atomic E-state index is 0.116. The lowest BCUT2D eigenvalue weighted by Gasteiger charge is -2.01. The van der Waals surface area contributed by atoms with Crippen LogP contribution in [0, 0.1) is 0 Å². The first-order valence-corrected chi connectivity index (χ1v) is 4.32. The number of hydrogen-bond donors (Lipinski definition) is 3. The Morgan fingerprint density at radius 3 is 3.08 bits per heavy atom. The van der Waals surface area contributed by atoms with E-state index in [0.29, 0.717) is 18.8 Å². The summed E-state index contributed by atoms with van der Waals surface area (Å²) in [4.78, 5) is 11.3. The molecule has 0 atom stereocenters. The maximum atomic E-state index is 11.3. The van der Waals surface area contributed by atoms with E-state index in [1.165, 1.54) is 0 Å². The van der Waals surface area contributed by atoms with Gasteiger partial charge in [-0.15, -0.1) is 0 Å². The van der Waals surface area contributed by atoms with Crippen LogP contribution in [0.5, 0.6) is 0 Å². The Kier molecular flexibility index (Phi) is 3.98. The molecule has 0 aliphatic heterocycles. The SMILES string of the molecule is NCCCCNC(=O)c1ccn[nH]1. The molecule has 0 saturated heterocycles. The van der Waals surface area contributed by atoms with E-state index in [-0.39, 0.29) is 5.91 Å². The topological polar surface area (TPSA) is 83.8 Å². The molecule has 13 heavy (non-hydrogen) atoms. The van der Waals surface area contributed by atoms with Crippen LogP contribution in [0.4, 0.5) is 0 Å². The summed E-state index contributed by atoms with van der Waals surface area (Å²) in [6.45, 7) is 1.33. The van der Waals surface area contributed by atoms with Crippen molar-refractivity contribution in [2.24, 2.45) is 5.73 Å². The van der Waals surface area contributed by atoms with Crippen molar-refractivity contribution in [3.8, 4) is 0 Å². The minimum atomic E-state index is -0.116. The summed E-state index contributed by atoms with van der Waals surface area (Å²) in [5, 5.41) is 9.03. The van der Waals surface area contributed by atoms with Crippen LogP contribution in [0.25, 0.3) is 0 Å². The van der Waals surface area contributed by atoms with Crippen LogP contribution in [0.3, 0.4) is 0 Å². The molecule has 0 bridgehead atoms. The van der Waals surface area contributed by atoms with Crippen LogP contribution in [-0.2, 0) is 0 Å². The summed E-state index contributed by atoms with van der Waals surface area (Å²) in [7, 11) is 0. The first-order valence-electron chi connectivity index (χ1n) is 4.32. The maximum absolute atomic E-state index is 11.3. The Morgan fingerprint density at radius 1 is 1.62 bits per heavy atom. The molecule has 5 nitrogen and oxygen atoms in total. The Hall–Kier alpha value is -1.36. The number of nitrogens with one attached hydrogen (secondary N) is 2. The lowest BCUT2D eigenvalue weighted by Crippen LogP contribution is -2.25. The first-order chi connectivity index (χ1) is 6.34. The number of nitrogens with zero attached hydrogens (tertiary/aromatic N) is 1. The fraction of sp³-hybridized carbons (Fsp3) is 0.500. The Balaban J connectivity index is 2.19. The minimum Gasteiger partial charge on any atom is -0.351 e. The highest BCUT2D eigenvalue weighted by atomic mass is 16.1. The Labute approximate surface area is 76.7 Å². The fourth-order valence-corrected chi connectivity index (χ4v) is 0.949. The number of aromatic amines is 1. The highest BCUT2D eigenvalue weighted by molar-refractivity contribution is 5.91. The number of amides is 1. The number of carbonyl (C=O) groups is 1. The second kappa shape index (κ2) is 5.31. The van der Waals surface area contributed by atoms with Gasteiger partial charge in [0.15, 0.2) is 0 Å². The van der Waals surface area contributed by atoms with Crippen LogP contribution in [0.1, 0.15) is 23.3 Å². The molecule has 4 N–H and O–H groups in total. The molecule has 72 valence electrons. The summed E-state index contributed by atoms with van der Waals surface area (Å²) < 4.78 is 0. The van der Waals surface area contributed by atoms with Crippen LogP contribution < -0.4 is 11.1 Å². The molecule has 1 aromatic heterocycles. The van der Waals surface area contributed by atoms with Crippen molar-refractivity contribution in [1.29, 1.82) is 0 Å². The summed E-state index contributed by atoms with van der Waals surface area (Å²) in [6.07, 6.45) is 3.40. The van der Waals surface area contributed by atoms with Gasteiger partial charge in [-0.05, 0) is 25.5 Å². The molecule has 5 heteroatoms. The van der Waals surface area contributed by atoms with E-state index < -0.39 is 0 Å². The Morgan fingerprint density at radius 2 is 2.46 bits per heavy atom. The predicted molar refractivity (Wildman–Crippen MR) is 49.2 cm³/mol. The molecule has 0 aliphatic rings. The van der Waals surface area contributed by atoms with E-state index >= 15 is 0 Å². The standard InChI is InChI=1S/C8H14N4O/c9-4-1-2-5-10-8(13)7-3-6-11-12-7/h3,6H,1-2,4-5,9H2,(H,10,13)(H,11,12). The molecule has 0 fully saturated rings. The molecule has 0 aliphatic carbocycles. The smallest absolute Gasteiger partial charge is 0.269 e. The van der Waals surface area contributed by atoms with Gasteiger partial charge in [-0.3, -0.25) is 9.89 Å². The molecular formula is C8H14N4O. The van der Waals surface area contributed by atoms with Crippen molar-refractivity contribution in [3.05, 3.63) is 18.0 Å². The van der Waals surface area contributed by atoms with Gasteiger partial charge in [0, 0.05) is 12.7 Å². The van der Waals surface area contributed by atoms with Gasteiger partial charge in [0.1, 0.15) is 5.69 Å². The van der Waals surface area contributed by atoms with E-state index in [1.807, 2.05) is 0 Å². The normalized spacial score (nSPS) is 9.92.